The Morgan fingerprint density at radius 2 is 1.32 bits per heavy atom. The highest BCUT2D eigenvalue weighted by Gasteiger charge is 2.49. The lowest BCUT2D eigenvalue weighted by atomic mass is 9.82. The van der Waals surface area contributed by atoms with E-state index in [2.05, 4.69) is 19.1 Å². The Morgan fingerprint density at radius 3 is 1.98 bits per heavy atom. The highest BCUT2D eigenvalue weighted by Crippen LogP contribution is 2.47. The van der Waals surface area contributed by atoms with Crippen LogP contribution in [0.25, 0.3) is 0 Å². The molecule has 13 atom stereocenters. The zero-order valence-electron chi connectivity index (χ0n) is 38.9. The summed E-state index contributed by atoms with van der Waals surface area (Å²) in [6.07, 6.45) is 2.28. The SMILES string of the molecule is CCCCCCCC/C=C\CCCCCCCC(=O)O[C@@H]1COC(=O)CCCCC(=O)C[C@@H]2[C@@H](O)[C@H](O)[C@@H](O)[C@H](OP(=O)(O)OC1)[C@H](O)[C@H](O)[C@@H](/C=C/[C@@H](O)CCCCC)[C@H](O)C[C@@H]2O. The van der Waals surface area contributed by atoms with E-state index in [9.17, 15) is 64.7 Å². The fourth-order valence-electron chi connectivity index (χ4n) is 8.17. The molecule has 1 saturated heterocycles. The number of aliphatic hydroxyl groups excluding tert-OH is 8. The van der Waals surface area contributed by atoms with Crippen molar-refractivity contribution in [3.63, 3.8) is 0 Å². The molecule has 2 bridgehead atoms. The van der Waals surface area contributed by atoms with Crippen LogP contribution in [0.3, 0.4) is 0 Å². The largest absolute Gasteiger partial charge is 0.472 e. The summed E-state index contributed by atoms with van der Waals surface area (Å²) in [6.45, 7) is 2.70. The molecule has 0 aromatic rings. The van der Waals surface area contributed by atoms with Gasteiger partial charge in [0, 0.05) is 43.9 Å². The number of cyclic esters (lactones) is 1. The molecule has 0 aromatic heterocycles. The van der Waals surface area contributed by atoms with Crippen molar-refractivity contribution < 1.29 is 83.2 Å². The van der Waals surface area contributed by atoms with Gasteiger partial charge in [-0.05, 0) is 51.4 Å². The number of allylic oxidation sites excluding steroid dienone is 2. The van der Waals surface area contributed by atoms with Gasteiger partial charge in [-0.1, -0.05) is 109 Å². The summed E-state index contributed by atoms with van der Waals surface area (Å²) in [7, 11) is -5.50. The quantitative estimate of drug-likeness (QED) is 0.0293. The molecular weight excluding hydrogens is 867 g/mol. The molecule has 0 amide bonds. The van der Waals surface area contributed by atoms with E-state index in [1.165, 1.54) is 50.7 Å². The second kappa shape index (κ2) is 33.4. The van der Waals surface area contributed by atoms with E-state index in [-0.39, 0.29) is 32.1 Å². The Hall–Kier alpha value is -2.12. The molecule has 2 aliphatic rings. The van der Waals surface area contributed by atoms with Gasteiger partial charge in [-0.3, -0.25) is 23.4 Å². The number of esters is 2. The number of phosphoric ester groups is 1. The van der Waals surface area contributed by atoms with Crippen LogP contribution < -0.4 is 0 Å². The summed E-state index contributed by atoms with van der Waals surface area (Å²) in [6, 6.07) is 0. The Kier molecular flexibility index (Phi) is 30.3. The van der Waals surface area contributed by atoms with Crippen molar-refractivity contribution in [2.24, 2.45) is 11.8 Å². The average molecular weight is 951 g/mol. The molecule has 65 heavy (non-hydrogen) atoms. The molecule has 17 nitrogen and oxygen atoms in total. The van der Waals surface area contributed by atoms with Crippen LogP contribution in [-0.2, 0) is 37.5 Å². The second-order valence-corrected chi connectivity index (χ2v) is 19.3. The molecule has 378 valence electrons. The number of unbranched alkanes of at least 4 members (excludes halogenated alkanes) is 13. The standard InChI is InChI=1S/C47H83O17P/c1-3-5-7-8-9-10-11-12-13-14-15-16-17-18-20-26-41(53)63-35-31-61-40(52)25-22-21-24-34(49)29-37-39(51)30-38(50)36(28-27-33(48)23-19-6-4-2)42(54)45(57)47(46(58)44(56)43(37)55)64-65(59,60)62-32-35/h12-13,27-28,33,35-39,42-48,50-51,54-58H,3-11,14-26,29-32H2,1-2H3,(H,59,60)/b13-12-,28-27+/t33-,35+,36-,37-,38+,39-,42+,43+,44-,45+,46+,47+/m0/s1. The van der Waals surface area contributed by atoms with Crippen molar-refractivity contribution >= 4 is 25.5 Å². The van der Waals surface area contributed by atoms with Gasteiger partial charge in [0.1, 0.15) is 36.8 Å². The minimum Gasteiger partial charge on any atom is -0.462 e. The highest BCUT2D eigenvalue weighted by atomic mass is 31.2. The van der Waals surface area contributed by atoms with Crippen molar-refractivity contribution in [3.8, 4) is 0 Å². The number of Topliss-reactive ketones (excluding diaryl/α,β-unsaturated/α-hetero) is 1. The van der Waals surface area contributed by atoms with Crippen molar-refractivity contribution in [2.75, 3.05) is 13.2 Å². The molecule has 18 heteroatoms. The molecule has 0 spiro atoms. The maximum Gasteiger partial charge on any atom is 0.472 e. The van der Waals surface area contributed by atoms with Crippen LogP contribution in [0.5, 0.6) is 0 Å². The van der Waals surface area contributed by atoms with Gasteiger partial charge in [0.25, 0.3) is 0 Å². The number of ketones is 1. The van der Waals surface area contributed by atoms with Crippen LogP contribution in [0.15, 0.2) is 24.3 Å². The van der Waals surface area contributed by atoms with E-state index in [0.29, 0.717) is 19.3 Å². The number of aliphatic hydroxyl groups is 8. The van der Waals surface area contributed by atoms with Crippen LogP contribution in [0, 0.1) is 11.8 Å². The first-order valence-corrected chi connectivity index (χ1v) is 25.8. The lowest BCUT2D eigenvalue weighted by Gasteiger charge is -2.37. The van der Waals surface area contributed by atoms with Crippen LogP contribution in [0.4, 0.5) is 0 Å². The normalized spacial score (nSPS) is 32.4. The number of phosphoric acid groups is 1. The van der Waals surface area contributed by atoms with Gasteiger partial charge in [-0.2, -0.15) is 0 Å². The summed E-state index contributed by atoms with van der Waals surface area (Å²) in [5.41, 5.74) is 0. The predicted octanol–water partition coefficient (Wildman–Crippen LogP) is 5.17. The third-order valence-electron chi connectivity index (χ3n) is 12.2. The van der Waals surface area contributed by atoms with Gasteiger partial charge in [0.15, 0.2) is 6.10 Å². The minimum atomic E-state index is -5.50. The highest BCUT2D eigenvalue weighted by molar-refractivity contribution is 7.47. The summed E-state index contributed by atoms with van der Waals surface area (Å²) in [5, 5.41) is 90.1. The molecule has 1 saturated carbocycles. The van der Waals surface area contributed by atoms with Crippen LogP contribution in [-0.4, -0.2) is 138 Å². The Bertz CT molecular complexity index is 1430. The van der Waals surface area contributed by atoms with E-state index in [0.717, 1.165) is 51.4 Å². The van der Waals surface area contributed by atoms with Crippen LogP contribution in [0.2, 0.25) is 0 Å². The van der Waals surface area contributed by atoms with Gasteiger partial charge in [-0.15, -0.1) is 0 Å². The van der Waals surface area contributed by atoms with E-state index in [1.807, 2.05) is 6.92 Å². The second-order valence-electron chi connectivity index (χ2n) is 17.9. The monoisotopic (exact) mass is 951 g/mol. The summed E-state index contributed by atoms with van der Waals surface area (Å²) >= 11 is 0. The van der Waals surface area contributed by atoms with Gasteiger partial charge < -0.3 is 55.2 Å². The minimum absolute atomic E-state index is 0.00456. The van der Waals surface area contributed by atoms with Gasteiger partial charge in [0.2, 0.25) is 0 Å². The smallest absolute Gasteiger partial charge is 0.462 e. The maximum atomic E-state index is 13.5. The molecule has 2 fully saturated rings. The van der Waals surface area contributed by atoms with E-state index in [4.69, 9.17) is 18.5 Å². The van der Waals surface area contributed by atoms with Gasteiger partial charge in [0.05, 0.1) is 37.1 Å². The van der Waals surface area contributed by atoms with Crippen molar-refractivity contribution in [1.29, 1.82) is 0 Å². The molecule has 1 aliphatic carbocycles. The average Bonchev–Trinajstić information content (AvgIpc) is 3.27. The van der Waals surface area contributed by atoms with Crippen molar-refractivity contribution in [2.45, 2.75) is 229 Å². The lowest BCUT2D eigenvalue weighted by Crippen LogP contribution is -2.56. The van der Waals surface area contributed by atoms with Crippen molar-refractivity contribution in [1.82, 2.24) is 0 Å². The summed E-state index contributed by atoms with van der Waals surface area (Å²) < 4.78 is 34.6. The van der Waals surface area contributed by atoms with Crippen molar-refractivity contribution in [3.05, 3.63) is 24.3 Å². The summed E-state index contributed by atoms with van der Waals surface area (Å²) in [5.74, 6) is -5.03. The van der Waals surface area contributed by atoms with Gasteiger partial charge >= 0.3 is 19.8 Å². The number of carbonyl (C=O) groups is 3. The molecular formula is C47H83O17P. The molecule has 0 radical (unpaired) electrons. The number of ether oxygens (including phenoxy) is 2. The molecule has 0 aromatic carbocycles. The third kappa shape index (κ3) is 24.1. The van der Waals surface area contributed by atoms with Crippen LogP contribution in [0.1, 0.15) is 168 Å². The first-order valence-electron chi connectivity index (χ1n) is 24.3. The Balaban J connectivity index is 2.23. The first-order chi connectivity index (χ1) is 31.0. The van der Waals surface area contributed by atoms with Gasteiger partial charge in [-0.25, -0.2) is 4.57 Å². The topological polar surface area (TPSA) is 287 Å². The maximum absolute atomic E-state index is 13.5. The predicted molar refractivity (Wildman–Crippen MR) is 242 cm³/mol. The lowest BCUT2D eigenvalue weighted by molar-refractivity contribution is -0.168. The first kappa shape index (κ1) is 59.0. The Labute approximate surface area is 386 Å². The number of hydrogen-bond donors (Lipinski definition) is 9. The molecule has 1 aliphatic heterocycles. The number of fused-ring (bicyclic) bond motifs is 4. The van der Waals surface area contributed by atoms with E-state index in [1.54, 1.807) is 0 Å². The third-order valence-corrected chi connectivity index (χ3v) is 13.2. The summed E-state index contributed by atoms with van der Waals surface area (Å²) in [4.78, 5) is 49.6. The fraction of sp³-hybridized carbons (Fsp3) is 0.851. The Morgan fingerprint density at radius 1 is 0.738 bits per heavy atom. The zero-order valence-corrected chi connectivity index (χ0v) is 39.8. The molecule has 1 unspecified atom stereocenters. The van der Waals surface area contributed by atoms with Crippen LogP contribution >= 0.6 is 7.82 Å². The number of hydrogen-bond acceptors (Lipinski definition) is 16. The number of carbonyl (C=O) groups excluding carboxylic acids is 3. The number of rotatable bonds is 22. The molecule has 1 heterocycles. The molecule has 9 N–H and O–H groups in total. The van der Waals surface area contributed by atoms with E-state index < -0.39 is 124 Å². The zero-order chi connectivity index (χ0) is 48.2. The molecule has 2 rings (SSSR count). The van der Waals surface area contributed by atoms with E-state index >= 15 is 0 Å². The fourth-order valence-corrected chi connectivity index (χ4v) is 9.14.